The first-order valence-corrected chi connectivity index (χ1v) is 5.97. The van der Waals surface area contributed by atoms with Crippen LogP contribution in [0, 0.1) is 0 Å². The lowest BCUT2D eigenvalue weighted by atomic mass is 9.96. The zero-order valence-corrected chi connectivity index (χ0v) is 11.2. The van der Waals surface area contributed by atoms with Gasteiger partial charge in [0.15, 0.2) is 6.10 Å². The van der Waals surface area contributed by atoms with Crippen LogP contribution in [0.3, 0.4) is 0 Å². The van der Waals surface area contributed by atoms with E-state index in [0.29, 0.717) is 5.78 Å². The van der Waals surface area contributed by atoms with Gasteiger partial charge in [-0.3, -0.25) is 9.20 Å². The molecule has 2 aromatic heterocycles. The fraction of sp³-hybridized carbons (Fsp3) is 0.417. The molecular formula is C12H13F3N4O2. The minimum absolute atomic E-state index is 0.0583. The Morgan fingerprint density at radius 3 is 2.67 bits per heavy atom. The second-order valence-corrected chi connectivity index (χ2v) is 5.10. The number of rotatable bonds is 3. The number of aliphatic hydroxyl groups is 1. The highest BCUT2D eigenvalue weighted by Crippen LogP contribution is 2.28. The van der Waals surface area contributed by atoms with Crippen LogP contribution in [0.25, 0.3) is 5.78 Å². The SMILES string of the molecule is CC(C)(NC(=O)c1cnc2nccn2c1)C(O)C(F)(F)F. The van der Waals surface area contributed by atoms with E-state index in [1.54, 1.807) is 6.20 Å². The summed E-state index contributed by atoms with van der Waals surface area (Å²) >= 11 is 0. The Labute approximate surface area is 117 Å². The number of carbonyl (C=O) groups excluding carboxylic acids is 1. The van der Waals surface area contributed by atoms with Gasteiger partial charge in [0.2, 0.25) is 5.78 Å². The first-order valence-electron chi connectivity index (χ1n) is 5.97. The number of imidazole rings is 1. The summed E-state index contributed by atoms with van der Waals surface area (Å²) in [5, 5.41) is 11.4. The van der Waals surface area contributed by atoms with Crippen molar-refractivity contribution in [2.24, 2.45) is 0 Å². The highest BCUT2D eigenvalue weighted by atomic mass is 19.4. The van der Waals surface area contributed by atoms with E-state index in [1.807, 2.05) is 0 Å². The number of halogens is 3. The molecule has 0 spiro atoms. The molecule has 0 aliphatic heterocycles. The predicted molar refractivity (Wildman–Crippen MR) is 66.6 cm³/mol. The summed E-state index contributed by atoms with van der Waals surface area (Å²) in [6.07, 6.45) is -1.90. The van der Waals surface area contributed by atoms with Crippen molar-refractivity contribution in [2.75, 3.05) is 0 Å². The van der Waals surface area contributed by atoms with Crippen LogP contribution in [-0.2, 0) is 0 Å². The molecule has 0 bridgehead atoms. The summed E-state index contributed by atoms with van der Waals surface area (Å²) in [5.74, 6) is -0.410. The Morgan fingerprint density at radius 1 is 1.38 bits per heavy atom. The quantitative estimate of drug-likeness (QED) is 0.891. The van der Waals surface area contributed by atoms with Gasteiger partial charge in [0.1, 0.15) is 0 Å². The number of alkyl halides is 3. The van der Waals surface area contributed by atoms with Crippen LogP contribution in [0.15, 0.2) is 24.8 Å². The highest BCUT2D eigenvalue weighted by molar-refractivity contribution is 5.94. The zero-order chi connectivity index (χ0) is 15.8. The van der Waals surface area contributed by atoms with Gasteiger partial charge in [-0.25, -0.2) is 9.97 Å². The van der Waals surface area contributed by atoms with Crippen molar-refractivity contribution in [3.63, 3.8) is 0 Å². The van der Waals surface area contributed by atoms with Gasteiger partial charge in [-0.1, -0.05) is 0 Å². The molecule has 1 amide bonds. The van der Waals surface area contributed by atoms with Gasteiger partial charge < -0.3 is 10.4 Å². The van der Waals surface area contributed by atoms with E-state index < -0.39 is 23.7 Å². The van der Waals surface area contributed by atoms with Crippen LogP contribution in [0.4, 0.5) is 13.2 Å². The maximum absolute atomic E-state index is 12.5. The molecule has 2 heterocycles. The number of amides is 1. The summed E-state index contributed by atoms with van der Waals surface area (Å²) in [6.45, 7) is 2.18. The maximum atomic E-state index is 12.5. The number of nitrogens with one attached hydrogen (secondary N) is 1. The molecule has 21 heavy (non-hydrogen) atoms. The molecule has 1 atom stereocenters. The Balaban J connectivity index is 2.20. The highest BCUT2D eigenvalue weighted by Gasteiger charge is 2.48. The third-order valence-electron chi connectivity index (χ3n) is 2.94. The van der Waals surface area contributed by atoms with Gasteiger partial charge in [0, 0.05) is 24.8 Å². The molecule has 0 saturated carbocycles. The molecule has 2 rings (SSSR count). The van der Waals surface area contributed by atoms with E-state index in [0.717, 1.165) is 13.8 Å². The van der Waals surface area contributed by atoms with Gasteiger partial charge in [-0.05, 0) is 13.8 Å². The Hall–Kier alpha value is -2.16. The summed E-state index contributed by atoms with van der Waals surface area (Å²) in [6, 6.07) is 0. The second-order valence-electron chi connectivity index (χ2n) is 5.10. The van der Waals surface area contributed by atoms with Gasteiger partial charge in [0.25, 0.3) is 5.91 Å². The number of aromatic nitrogens is 3. The lowest BCUT2D eigenvalue weighted by Gasteiger charge is -2.32. The molecule has 0 radical (unpaired) electrons. The maximum Gasteiger partial charge on any atom is 0.416 e. The van der Waals surface area contributed by atoms with E-state index >= 15 is 0 Å². The number of hydrogen-bond donors (Lipinski definition) is 2. The number of hydrogen-bond acceptors (Lipinski definition) is 4. The lowest BCUT2D eigenvalue weighted by Crippen LogP contribution is -2.57. The predicted octanol–water partition coefficient (Wildman–Crippen LogP) is 1.16. The first-order chi connectivity index (χ1) is 9.61. The Bertz CT molecular complexity index is 666. The fourth-order valence-electron chi connectivity index (χ4n) is 1.78. The molecule has 2 aromatic rings. The minimum Gasteiger partial charge on any atom is -0.382 e. The minimum atomic E-state index is -4.83. The summed E-state index contributed by atoms with van der Waals surface area (Å²) in [5.41, 5.74) is -1.82. The van der Waals surface area contributed by atoms with Crippen LogP contribution in [0.5, 0.6) is 0 Å². The van der Waals surface area contributed by atoms with Crippen molar-refractivity contribution in [1.82, 2.24) is 19.7 Å². The van der Waals surface area contributed by atoms with Crippen molar-refractivity contribution < 1.29 is 23.1 Å². The number of fused-ring (bicyclic) bond motifs is 1. The standard InChI is InChI=1S/C12H13F3N4O2/c1-11(2,9(21)12(13,14)15)18-8(20)7-5-17-10-16-3-4-19(10)6-7/h3-6,9,21H,1-2H3,(H,18,20). The molecule has 0 saturated heterocycles. The normalized spacial score (nSPS) is 14.2. The van der Waals surface area contributed by atoms with Crippen LogP contribution in [0.2, 0.25) is 0 Å². The van der Waals surface area contributed by atoms with Gasteiger partial charge in [0.05, 0.1) is 11.1 Å². The van der Waals surface area contributed by atoms with Crippen molar-refractivity contribution in [3.05, 3.63) is 30.4 Å². The number of nitrogens with zero attached hydrogens (tertiary/aromatic N) is 3. The molecule has 0 aliphatic rings. The van der Waals surface area contributed by atoms with E-state index in [-0.39, 0.29) is 5.56 Å². The molecule has 0 fully saturated rings. The van der Waals surface area contributed by atoms with E-state index in [1.165, 1.54) is 23.0 Å². The first kappa shape index (κ1) is 15.2. The zero-order valence-electron chi connectivity index (χ0n) is 11.2. The molecule has 2 N–H and O–H groups in total. The van der Waals surface area contributed by atoms with E-state index in [4.69, 9.17) is 0 Å². The third kappa shape index (κ3) is 3.13. The molecule has 9 heteroatoms. The third-order valence-corrected chi connectivity index (χ3v) is 2.94. The second kappa shape index (κ2) is 4.99. The van der Waals surface area contributed by atoms with Crippen molar-refractivity contribution >= 4 is 11.7 Å². The van der Waals surface area contributed by atoms with E-state index in [9.17, 15) is 23.1 Å². The Kier molecular flexibility index (Phi) is 3.62. The summed E-state index contributed by atoms with van der Waals surface area (Å²) < 4.78 is 39.1. The molecule has 114 valence electrons. The number of carbonyl (C=O) groups is 1. The van der Waals surface area contributed by atoms with E-state index in [2.05, 4.69) is 15.3 Å². The van der Waals surface area contributed by atoms with Crippen LogP contribution < -0.4 is 5.32 Å². The van der Waals surface area contributed by atoms with Crippen molar-refractivity contribution in [2.45, 2.75) is 31.7 Å². The van der Waals surface area contributed by atoms with Gasteiger partial charge in [-0.2, -0.15) is 13.2 Å². The van der Waals surface area contributed by atoms with Gasteiger partial charge >= 0.3 is 6.18 Å². The van der Waals surface area contributed by atoms with Crippen LogP contribution in [-0.4, -0.2) is 43.2 Å². The summed E-state index contributed by atoms with van der Waals surface area (Å²) in [4.78, 5) is 19.8. The van der Waals surface area contributed by atoms with Crippen molar-refractivity contribution in [3.8, 4) is 0 Å². The lowest BCUT2D eigenvalue weighted by molar-refractivity contribution is -0.222. The van der Waals surface area contributed by atoms with Crippen LogP contribution >= 0.6 is 0 Å². The van der Waals surface area contributed by atoms with Gasteiger partial charge in [-0.15, -0.1) is 0 Å². The average molecular weight is 302 g/mol. The monoisotopic (exact) mass is 302 g/mol. The smallest absolute Gasteiger partial charge is 0.382 e. The molecular weight excluding hydrogens is 289 g/mol. The summed E-state index contributed by atoms with van der Waals surface area (Å²) in [7, 11) is 0. The molecule has 0 aliphatic carbocycles. The van der Waals surface area contributed by atoms with Crippen LogP contribution in [0.1, 0.15) is 24.2 Å². The molecule has 0 aromatic carbocycles. The Morgan fingerprint density at radius 2 is 2.05 bits per heavy atom. The van der Waals surface area contributed by atoms with Crippen molar-refractivity contribution in [1.29, 1.82) is 0 Å². The molecule has 1 unspecified atom stereocenters. The topological polar surface area (TPSA) is 79.5 Å². The fourth-order valence-corrected chi connectivity index (χ4v) is 1.78. The average Bonchev–Trinajstić information content (AvgIpc) is 2.83. The molecule has 6 nitrogen and oxygen atoms in total. The largest absolute Gasteiger partial charge is 0.416 e. The number of aliphatic hydroxyl groups excluding tert-OH is 1.